The molecule has 6 aliphatic carbocycles. The van der Waals surface area contributed by atoms with Crippen LogP contribution in [0.1, 0.15) is 164 Å². The summed E-state index contributed by atoms with van der Waals surface area (Å²) in [5.74, 6) is 2.10. The second-order valence-electron chi connectivity index (χ2n) is 15.5. The third kappa shape index (κ3) is 4.25. The lowest BCUT2D eigenvalue weighted by atomic mass is 9.33. The standard InChI is InChI=1S/C38H52O2/c1-3-35-21-36(4-2)24-37(22-35,29-15-17-33(39)31(19-29)27-11-7-5-8-12-27)26-38(23-35,25-36)30-16-18-34(40)32(20-30)28-13-9-6-10-14-28/h15-20,27-28,39-40H,3-14,21-26H2,1-2H3. The molecule has 0 amide bonds. The molecule has 0 spiro atoms. The molecule has 6 fully saturated rings. The predicted octanol–water partition coefficient (Wildman–Crippen LogP) is 10.5. The molecule has 2 aromatic carbocycles. The van der Waals surface area contributed by atoms with Crippen LogP contribution in [0.4, 0.5) is 0 Å². The highest BCUT2D eigenvalue weighted by Crippen LogP contribution is 2.76. The summed E-state index contributed by atoms with van der Waals surface area (Å²) >= 11 is 0. The van der Waals surface area contributed by atoms with Crippen molar-refractivity contribution in [2.45, 2.75) is 152 Å². The zero-order valence-corrected chi connectivity index (χ0v) is 25.2. The van der Waals surface area contributed by atoms with E-state index in [1.165, 1.54) is 138 Å². The van der Waals surface area contributed by atoms with Crippen molar-refractivity contribution in [1.82, 2.24) is 0 Å². The fourth-order valence-corrected chi connectivity index (χ4v) is 11.7. The third-order valence-electron chi connectivity index (χ3n) is 13.2. The predicted molar refractivity (Wildman–Crippen MR) is 164 cm³/mol. The zero-order valence-electron chi connectivity index (χ0n) is 25.2. The Bertz CT molecular complexity index is 1140. The molecule has 2 nitrogen and oxygen atoms in total. The van der Waals surface area contributed by atoms with Gasteiger partial charge in [-0.15, -0.1) is 0 Å². The fourth-order valence-electron chi connectivity index (χ4n) is 11.7. The van der Waals surface area contributed by atoms with E-state index in [2.05, 4.69) is 50.2 Å². The van der Waals surface area contributed by atoms with Gasteiger partial charge in [-0.05, 0) is 132 Å². The highest BCUT2D eigenvalue weighted by molar-refractivity contribution is 5.48. The van der Waals surface area contributed by atoms with Crippen LogP contribution in [0.5, 0.6) is 11.5 Å². The Morgan fingerprint density at radius 1 is 0.550 bits per heavy atom. The Morgan fingerprint density at radius 3 is 1.32 bits per heavy atom. The van der Waals surface area contributed by atoms with Crippen LogP contribution in [0.15, 0.2) is 36.4 Å². The molecule has 0 radical (unpaired) electrons. The summed E-state index contributed by atoms with van der Waals surface area (Å²) in [6, 6.07) is 13.7. The lowest BCUT2D eigenvalue weighted by Crippen LogP contribution is -2.64. The summed E-state index contributed by atoms with van der Waals surface area (Å²) in [7, 11) is 0. The first-order chi connectivity index (χ1) is 19.3. The second-order valence-corrected chi connectivity index (χ2v) is 15.5. The molecule has 2 heteroatoms. The maximum atomic E-state index is 11.0. The van der Waals surface area contributed by atoms with Gasteiger partial charge in [0.1, 0.15) is 11.5 Å². The van der Waals surface area contributed by atoms with Gasteiger partial charge in [0, 0.05) is 0 Å². The second kappa shape index (κ2) is 9.81. The molecular formula is C38H52O2. The molecule has 4 bridgehead atoms. The lowest BCUT2D eigenvalue weighted by molar-refractivity contribution is -0.145. The topological polar surface area (TPSA) is 40.5 Å². The molecule has 216 valence electrons. The number of phenolic OH excluding ortho intramolecular Hbond substituents is 2. The van der Waals surface area contributed by atoms with Gasteiger partial charge in [0.25, 0.3) is 0 Å². The molecule has 0 unspecified atom stereocenters. The van der Waals surface area contributed by atoms with E-state index >= 15 is 0 Å². The zero-order chi connectivity index (χ0) is 27.6. The number of aromatic hydroxyl groups is 2. The summed E-state index contributed by atoms with van der Waals surface area (Å²) in [5.41, 5.74) is 6.66. The van der Waals surface area contributed by atoms with Crippen LogP contribution in [0.3, 0.4) is 0 Å². The van der Waals surface area contributed by atoms with Gasteiger partial charge < -0.3 is 10.2 Å². The quantitative estimate of drug-likeness (QED) is 0.382. The Morgan fingerprint density at radius 2 is 0.950 bits per heavy atom. The molecule has 0 saturated heterocycles. The van der Waals surface area contributed by atoms with Crippen LogP contribution < -0.4 is 0 Å². The van der Waals surface area contributed by atoms with Crippen molar-refractivity contribution in [3.05, 3.63) is 58.7 Å². The van der Waals surface area contributed by atoms with Crippen LogP contribution in [0.25, 0.3) is 0 Å². The third-order valence-corrected chi connectivity index (χ3v) is 13.2. The van der Waals surface area contributed by atoms with Gasteiger partial charge in [-0.2, -0.15) is 0 Å². The van der Waals surface area contributed by atoms with Gasteiger partial charge >= 0.3 is 0 Å². The summed E-state index contributed by atoms with van der Waals surface area (Å²) in [5, 5.41) is 22.1. The minimum atomic E-state index is 0.181. The summed E-state index contributed by atoms with van der Waals surface area (Å²) < 4.78 is 0. The number of hydrogen-bond acceptors (Lipinski definition) is 2. The molecule has 2 N–H and O–H groups in total. The average molecular weight is 541 g/mol. The summed E-state index contributed by atoms with van der Waals surface area (Å²) in [6.07, 6.45) is 23.1. The molecule has 8 rings (SSSR count). The number of rotatable bonds is 6. The van der Waals surface area contributed by atoms with Crippen molar-refractivity contribution < 1.29 is 10.2 Å². The maximum absolute atomic E-state index is 11.0. The Hall–Kier alpha value is -1.96. The lowest BCUT2D eigenvalue weighted by Gasteiger charge is -2.71. The van der Waals surface area contributed by atoms with Crippen molar-refractivity contribution in [3.63, 3.8) is 0 Å². The SMILES string of the molecule is CCC12CC3(CC)CC(c4ccc(O)c(C5CCCCC5)c4)(C1)CC(c1ccc(O)c(C4CCCCC4)c1)(C2)C3. The van der Waals surface area contributed by atoms with E-state index in [0.29, 0.717) is 34.2 Å². The molecule has 6 saturated carbocycles. The Labute approximate surface area is 243 Å². The van der Waals surface area contributed by atoms with E-state index in [-0.39, 0.29) is 10.8 Å². The monoisotopic (exact) mass is 540 g/mol. The molecule has 0 aromatic heterocycles. The molecule has 6 aliphatic rings. The Balaban J connectivity index is 1.34. The van der Waals surface area contributed by atoms with Crippen LogP contribution >= 0.6 is 0 Å². The van der Waals surface area contributed by atoms with Crippen molar-refractivity contribution in [3.8, 4) is 11.5 Å². The van der Waals surface area contributed by atoms with E-state index in [4.69, 9.17) is 0 Å². The van der Waals surface area contributed by atoms with E-state index in [1.54, 1.807) is 0 Å². The molecule has 40 heavy (non-hydrogen) atoms. The van der Waals surface area contributed by atoms with E-state index in [9.17, 15) is 10.2 Å². The van der Waals surface area contributed by atoms with Gasteiger partial charge in [-0.1, -0.05) is 89.5 Å². The van der Waals surface area contributed by atoms with Crippen molar-refractivity contribution >= 4 is 0 Å². The first kappa shape index (κ1) is 26.9. The first-order valence-electron chi connectivity index (χ1n) is 17.0. The average Bonchev–Trinajstić information content (AvgIpc) is 2.98. The van der Waals surface area contributed by atoms with E-state index in [1.807, 2.05) is 0 Å². The van der Waals surface area contributed by atoms with E-state index in [0.717, 1.165) is 0 Å². The smallest absolute Gasteiger partial charge is 0.119 e. The largest absolute Gasteiger partial charge is 0.508 e. The van der Waals surface area contributed by atoms with Crippen LogP contribution in [-0.4, -0.2) is 10.2 Å². The van der Waals surface area contributed by atoms with Gasteiger partial charge in [-0.3, -0.25) is 0 Å². The van der Waals surface area contributed by atoms with Gasteiger partial charge in [0.05, 0.1) is 0 Å². The van der Waals surface area contributed by atoms with Crippen LogP contribution in [0, 0.1) is 10.8 Å². The Kier molecular flexibility index (Phi) is 6.60. The molecular weight excluding hydrogens is 488 g/mol. The van der Waals surface area contributed by atoms with Crippen molar-refractivity contribution in [1.29, 1.82) is 0 Å². The van der Waals surface area contributed by atoms with Crippen LogP contribution in [0.2, 0.25) is 0 Å². The number of hydrogen-bond donors (Lipinski definition) is 2. The molecule has 2 aromatic rings. The van der Waals surface area contributed by atoms with Gasteiger partial charge in [-0.25, -0.2) is 0 Å². The fraction of sp³-hybridized carbons (Fsp3) is 0.684. The van der Waals surface area contributed by atoms with Crippen LogP contribution in [-0.2, 0) is 10.8 Å². The molecule has 0 aliphatic heterocycles. The highest BCUT2D eigenvalue weighted by atomic mass is 16.3. The van der Waals surface area contributed by atoms with Gasteiger partial charge in [0.15, 0.2) is 0 Å². The minimum Gasteiger partial charge on any atom is -0.508 e. The number of phenols is 2. The van der Waals surface area contributed by atoms with E-state index < -0.39 is 0 Å². The first-order valence-corrected chi connectivity index (χ1v) is 17.0. The van der Waals surface area contributed by atoms with Crippen molar-refractivity contribution in [2.75, 3.05) is 0 Å². The van der Waals surface area contributed by atoms with Crippen molar-refractivity contribution in [2.24, 2.45) is 10.8 Å². The maximum Gasteiger partial charge on any atom is 0.119 e. The molecule has 0 heterocycles. The number of benzene rings is 2. The summed E-state index contributed by atoms with van der Waals surface area (Å²) in [4.78, 5) is 0. The van der Waals surface area contributed by atoms with Gasteiger partial charge in [0.2, 0.25) is 0 Å². The summed E-state index contributed by atoms with van der Waals surface area (Å²) in [6.45, 7) is 4.93. The minimum absolute atomic E-state index is 0.181. The normalized spacial score (nSPS) is 36.2. The molecule has 0 atom stereocenters. The highest BCUT2D eigenvalue weighted by Gasteiger charge is 2.67.